The predicted molar refractivity (Wildman–Crippen MR) is 122 cm³/mol. The average Bonchev–Trinajstić information content (AvgIpc) is 3.13. The molecule has 0 radical (unpaired) electrons. The third-order valence-corrected chi connectivity index (χ3v) is 5.43. The van der Waals surface area contributed by atoms with Crippen molar-refractivity contribution in [3.63, 3.8) is 0 Å². The summed E-state index contributed by atoms with van der Waals surface area (Å²) >= 11 is 0. The minimum absolute atomic E-state index is 0.0513. The fourth-order valence-electron chi connectivity index (χ4n) is 3.94. The van der Waals surface area contributed by atoms with E-state index in [1.165, 1.54) is 32.5 Å². The number of amides is 1. The summed E-state index contributed by atoms with van der Waals surface area (Å²) in [6, 6.07) is 12.8. The summed E-state index contributed by atoms with van der Waals surface area (Å²) in [6.07, 6.45) is -3.45. The number of rotatable bonds is 6. The fraction of sp³-hybridized carbons (Fsp3) is 0.160. The van der Waals surface area contributed by atoms with Gasteiger partial charge in [-0.25, -0.2) is 0 Å². The Morgan fingerprint density at radius 2 is 1.58 bits per heavy atom. The molecule has 1 unspecified atom stereocenters. The lowest BCUT2D eigenvalue weighted by molar-refractivity contribution is -0.274. The molecular formula is C25H19F3N2O6. The number of anilines is 1. The number of carbonyl (C=O) groups is 2. The predicted octanol–water partition coefficient (Wildman–Crippen LogP) is 4.62. The third-order valence-electron chi connectivity index (χ3n) is 5.43. The van der Waals surface area contributed by atoms with E-state index in [1.807, 2.05) is 0 Å². The third kappa shape index (κ3) is 4.54. The zero-order valence-corrected chi connectivity index (χ0v) is 18.9. The highest BCUT2D eigenvalue weighted by Crippen LogP contribution is 2.44. The summed E-state index contributed by atoms with van der Waals surface area (Å²) in [5.74, 6) is -2.72. The smallest absolute Gasteiger partial charge is 0.506 e. The zero-order valence-electron chi connectivity index (χ0n) is 18.9. The molecule has 1 saturated heterocycles. The fourth-order valence-corrected chi connectivity index (χ4v) is 3.94. The van der Waals surface area contributed by atoms with Crippen LogP contribution in [0.25, 0.3) is 5.76 Å². The van der Waals surface area contributed by atoms with Gasteiger partial charge in [-0.3, -0.25) is 19.5 Å². The lowest BCUT2D eigenvalue weighted by Gasteiger charge is -2.25. The number of aromatic nitrogens is 1. The molecule has 1 N–H and O–H groups in total. The molecule has 1 fully saturated rings. The lowest BCUT2D eigenvalue weighted by atomic mass is 9.97. The molecule has 3 aromatic rings. The first-order valence-corrected chi connectivity index (χ1v) is 10.5. The minimum atomic E-state index is -4.90. The highest BCUT2D eigenvalue weighted by Gasteiger charge is 2.48. The first kappa shape index (κ1) is 24.6. The molecule has 0 spiro atoms. The molecule has 0 bridgehead atoms. The topological polar surface area (TPSA) is 98.2 Å². The van der Waals surface area contributed by atoms with E-state index in [0.29, 0.717) is 0 Å². The average molecular weight is 500 g/mol. The van der Waals surface area contributed by atoms with Crippen LogP contribution in [0.5, 0.6) is 17.2 Å². The molecule has 1 aliphatic heterocycles. The summed E-state index contributed by atoms with van der Waals surface area (Å²) in [5, 5.41) is 11.3. The number of Topliss-reactive ketones (excluding diaryl/α,β-unsaturated/α-hetero) is 1. The molecule has 0 saturated carbocycles. The molecule has 1 aliphatic rings. The Hall–Kier alpha value is -4.54. The van der Waals surface area contributed by atoms with Crippen molar-refractivity contribution in [3.8, 4) is 17.2 Å². The van der Waals surface area contributed by atoms with Crippen molar-refractivity contribution in [2.24, 2.45) is 0 Å². The summed E-state index contributed by atoms with van der Waals surface area (Å²) in [6.45, 7) is 0. The van der Waals surface area contributed by atoms with Crippen LogP contribution in [0.2, 0.25) is 0 Å². The van der Waals surface area contributed by atoms with Gasteiger partial charge in [-0.1, -0.05) is 12.1 Å². The SMILES string of the molecule is COc1cccc(OC)c1/C(O)=C1\C(=O)C(=O)N(c2ccc(OC(F)(F)F)cc2)C1c1ccccn1. The second kappa shape index (κ2) is 9.61. The number of nitrogens with zero attached hydrogens (tertiary/aromatic N) is 2. The molecule has 1 aromatic heterocycles. The monoisotopic (exact) mass is 500 g/mol. The van der Waals surface area contributed by atoms with Gasteiger partial charge < -0.3 is 19.3 Å². The molecule has 36 heavy (non-hydrogen) atoms. The number of alkyl halides is 3. The molecular weight excluding hydrogens is 481 g/mol. The second-order valence-electron chi connectivity index (χ2n) is 7.50. The van der Waals surface area contributed by atoms with Crippen molar-refractivity contribution in [3.05, 3.63) is 83.7 Å². The first-order valence-electron chi connectivity index (χ1n) is 10.5. The van der Waals surface area contributed by atoms with Gasteiger partial charge >= 0.3 is 6.36 Å². The zero-order chi connectivity index (χ0) is 26.0. The van der Waals surface area contributed by atoms with Gasteiger partial charge in [-0.15, -0.1) is 13.2 Å². The van der Waals surface area contributed by atoms with Crippen LogP contribution in [-0.4, -0.2) is 42.4 Å². The van der Waals surface area contributed by atoms with Crippen LogP contribution < -0.4 is 19.1 Å². The van der Waals surface area contributed by atoms with Gasteiger partial charge in [0, 0.05) is 11.9 Å². The Morgan fingerprint density at radius 1 is 0.944 bits per heavy atom. The largest absolute Gasteiger partial charge is 0.573 e. The number of carbonyl (C=O) groups excluding carboxylic acids is 2. The van der Waals surface area contributed by atoms with Gasteiger partial charge in [-0.05, 0) is 48.5 Å². The van der Waals surface area contributed by atoms with Crippen LogP contribution in [0, 0.1) is 0 Å². The van der Waals surface area contributed by atoms with Crippen molar-refractivity contribution >= 4 is 23.1 Å². The molecule has 2 aromatic carbocycles. The Balaban J connectivity index is 1.90. The molecule has 11 heteroatoms. The Kier molecular flexibility index (Phi) is 6.56. The summed E-state index contributed by atoms with van der Waals surface area (Å²) in [5.41, 5.74) is 0.0866. The van der Waals surface area contributed by atoms with E-state index in [2.05, 4.69) is 9.72 Å². The van der Waals surface area contributed by atoms with Crippen molar-refractivity contribution in [1.29, 1.82) is 0 Å². The number of aliphatic hydroxyl groups excluding tert-OH is 1. The van der Waals surface area contributed by atoms with Gasteiger partial charge in [0.05, 0.1) is 25.5 Å². The van der Waals surface area contributed by atoms with Crippen LogP contribution >= 0.6 is 0 Å². The first-order chi connectivity index (χ1) is 17.2. The Bertz CT molecular complexity index is 1300. The highest BCUT2D eigenvalue weighted by molar-refractivity contribution is 6.51. The quantitative estimate of drug-likeness (QED) is 0.300. The maximum atomic E-state index is 13.2. The molecule has 1 amide bonds. The number of benzene rings is 2. The number of ketones is 1. The summed E-state index contributed by atoms with van der Waals surface area (Å²) < 4.78 is 52.3. The van der Waals surface area contributed by atoms with Gasteiger partial charge in [0.2, 0.25) is 0 Å². The van der Waals surface area contributed by atoms with E-state index < -0.39 is 35.6 Å². The van der Waals surface area contributed by atoms with Crippen molar-refractivity contribution < 1.29 is 42.1 Å². The molecule has 1 atom stereocenters. The van der Waals surface area contributed by atoms with E-state index in [9.17, 15) is 27.9 Å². The van der Waals surface area contributed by atoms with Crippen LogP contribution in [0.3, 0.4) is 0 Å². The number of aliphatic hydroxyl groups is 1. The molecule has 8 nitrogen and oxygen atoms in total. The number of hydrogen-bond donors (Lipinski definition) is 1. The maximum absolute atomic E-state index is 13.2. The van der Waals surface area contributed by atoms with Gasteiger partial charge in [-0.2, -0.15) is 0 Å². The lowest BCUT2D eigenvalue weighted by Crippen LogP contribution is -2.29. The Labute approximate surface area is 203 Å². The van der Waals surface area contributed by atoms with Crippen LogP contribution in [-0.2, 0) is 9.59 Å². The van der Waals surface area contributed by atoms with Crippen LogP contribution in [0.4, 0.5) is 18.9 Å². The highest BCUT2D eigenvalue weighted by atomic mass is 19.4. The van der Waals surface area contributed by atoms with Gasteiger partial charge in [0.15, 0.2) is 0 Å². The maximum Gasteiger partial charge on any atom is 0.573 e. The summed E-state index contributed by atoms with van der Waals surface area (Å²) in [7, 11) is 2.73. The van der Waals surface area contributed by atoms with E-state index in [0.717, 1.165) is 17.0 Å². The minimum Gasteiger partial charge on any atom is -0.506 e. The van der Waals surface area contributed by atoms with E-state index in [1.54, 1.807) is 36.4 Å². The number of pyridine rings is 1. The van der Waals surface area contributed by atoms with Crippen molar-refractivity contribution in [2.75, 3.05) is 19.1 Å². The van der Waals surface area contributed by atoms with E-state index in [-0.39, 0.29) is 34.0 Å². The van der Waals surface area contributed by atoms with Crippen LogP contribution in [0.1, 0.15) is 17.3 Å². The second-order valence-corrected chi connectivity index (χ2v) is 7.50. The van der Waals surface area contributed by atoms with E-state index >= 15 is 0 Å². The number of methoxy groups -OCH3 is 2. The number of ether oxygens (including phenoxy) is 3. The van der Waals surface area contributed by atoms with E-state index in [4.69, 9.17) is 9.47 Å². The molecule has 4 rings (SSSR count). The number of halogens is 3. The number of hydrogen-bond acceptors (Lipinski definition) is 7. The van der Waals surface area contributed by atoms with Crippen LogP contribution in [0.15, 0.2) is 72.4 Å². The van der Waals surface area contributed by atoms with Gasteiger partial charge in [0.25, 0.3) is 11.7 Å². The Morgan fingerprint density at radius 3 is 2.11 bits per heavy atom. The van der Waals surface area contributed by atoms with Gasteiger partial charge in [0.1, 0.15) is 34.6 Å². The molecule has 2 heterocycles. The summed E-state index contributed by atoms with van der Waals surface area (Å²) in [4.78, 5) is 31.7. The molecule has 0 aliphatic carbocycles. The van der Waals surface area contributed by atoms with Crippen molar-refractivity contribution in [2.45, 2.75) is 12.4 Å². The normalized spacial score (nSPS) is 17.2. The molecule has 186 valence electrons. The van der Waals surface area contributed by atoms with Crippen molar-refractivity contribution in [1.82, 2.24) is 4.98 Å². The standard InChI is InChI=1S/C25H19F3N2O6/c1-34-17-7-5-8-18(35-2)19(17)22(31)20-21(16-6-3-4-13-29-16)30(24(33)23(20)32)14-9-11-15(12-10-14)36-25(26,27)28/h3-13,21,31H,1-2H3/b22-20+.